The number of hydrogen-bond donors (Lipinski definition) is 1. The molecule has 0 aliphatic carbocycles. The first-order chi connectivity index (χ1) is 6.50. The van der Waals surface area contributed by atoms with E-state index in [2.05, 4.69) is 18.5 Å². The van der Waals surface area contributed by atoms with Gasteiger partial charge in [-0.2, -0.15) is 0 Å². The van der Waals surface area contributed by atoms with E-state index in [1.165, 1.54) is 0 Å². The average Bonchev–Trinajstić information content (AvgIpc) is 2.10. The van der Waals surface area contributed by atoms with Crippen LogP contribution in [0.15, 0.2) is 34.6 Å². The quantitative estimate of drug-likeness (QED) is 0.549. The van der Waals surface area contributed by atoms with Crippen LogP contribution >= 0.6 is 23.2 Å². The Morgan fingerprint density at radius 1 is 1.36 bits per heavy atom. The highest BCUT2D eigenvalue weighted by atomic mass is 35.5. The zero-order chi connectivity index (χ0) is 11.1. The van der Waals surface area contributed by atoms with Crippen molar-refractivity contribution in [3.05, 3.63) is 34.6 Å². The smallest absolute Gasteiger partial charge is 0.120 e. The van der Waals surface area contributed by atoms with Crippen LogP contribution in [0.3, 0.4) is 0 Å². The molecule has 80 valence electrons. The molecular weight excluding hydrogens is 224 g/mol. The molecule has 1 N–H and O–H groups in total. The minimum atomic E-state index is -0.560. The van der Waals surface area contributed by atoms with Crippen LogP contribution < -0.4 is 5.32 Å². The van der Waals surface area contributed by atoms with Gasteiger partial charge >= 0.3 is 0 Å². The summed E-state index contributed by atoms with van der Waals surface area (Å²) < 4.78 is 12.9. The van der Waals surface area contributed by atoms with Crippen LogP contribution in [-0.2, 0) is 0 Å². The summed E-state index contributed by atoms with van der Waals surface area (Å²) in [5.41, 5.74) is 0.313. The molecule has 1 nitrogen and oxygen atoms in total. The topological polar surface area (TPSA) is 12.0 Å². The van der Waals surface area contributed by atoms with Crippen molar-refractivity contribution in [3.8, 4) is 0 Å². The molecule has 4 heteroatoms. The predicted octanol–water partition coefficient (Wildman–Crippen LogP) is 3.71. The van der Waals surface area contributed by atoms with Crippen LogP contribution in [0, 0.1) is 0 Å². The monoisotopic (exact) mass is 237 g/mol. The molecular formula is C10H14Cl2FN. The minimum absolute atomic E-state index is 0.136. The van der Waals surface area contributed by atoms with Crippen molar-refractivity contribution >= 4 is 23.2 Å². The fraction of sp³-hybridized carbons (Fsp3) is 0.400. The SMILES string of the molecule is C=C(Cl)/C(Cl)=C(/CCNCC)C(=C)F. The lowest BCUT2D eigenvalue weighted by Crippen LogP contribution is -2.14. The highest BCUT2D eigenvalue weighted by Crippen LogP contribution is 2.27. The number of allylic oxidation sites excluding steroid dienone is 3. The second kappa shape index (κ2) is 7.04. The first-order valence-corrected chi connectivity index (χ1v) is 5.05. The first kappa shape index (κ1) is 13.7. The standard InChI is InChI=1S/C10H14Cl2FN/c1-4-14-6-5-9(8(3)13)10(12)7(2)11/h14H,2-6H2,1H3/b10-9+. The van der Waals surface area contributed by atoms with Crippen molar-refractivity contribution < 1.29 is 4.39 Å². The lowest BCUT2D eigenvalue weighted by Gasteiger charge is -2.07. The zero-order valence-electron chi connectivity index (χ0n) is 8.17. The highest BCUT2D eigenvalue weighted by molar-refractivity contribution is 6.44. The molecule has 0 aliphatic rings. The molecule has 0 amide bonds. The fourth-order valence-electron chi connectivity index (χ4n) is 0.918. The van der Waals surface area contributed by atoms with Crippen LogP contribution in [0.25, 0.3) is 0 Å². The molecule has 0 aromatic rings. The van der Waals surface area contributed by atoms with Gasteiger partial charge in [0.2, 0.25) is 0 Å². The third kappa shape index (κ3) is 4.80. The van der Waals surface area contributed by atoms with E-state index in [1.807, 2.05) is 6.92 Å². The Labute approximate surface area is 94.3 Å². The molecule has 0 atom stereocenters. The maximum absolute atomic E-state index is 12.9. The molecule has 0 rings (SSSR count). The molecule has 0 saturated carbocycles. The Kier molecular flexibility index (Phi) is 6.89. The van der Waals surface area contributed by atoms with Crippen LogP contribution in [0.1, 0.15) is 13.3 Å². The van der Waals surface area contributed by atoms with Gasteiger partial charge in [-0.25, -0.2) is 4.39 Å². The second-order valence-corrected chi connectivity index (χ2v) is 3.54. The van der Waals surface area contributed by atoms with Gasteiger partial charge in [-0.1, -0.05) is 43.3 Å². The lowest BCUT2D eigenvalue weighted by molar-refractivity contribution is 0.627. The molecule has 0 heterocycles. The largest absolute Gasteiger partial charge is 0.317 e. The first-order valence-electron chi connectivity index (χ1n) is 4.29. The number of rotatable bonds is 6. The average molecular weight is 238 g/mol. The summed E-state index contributed by atoms with van der Waals surface area (Å²) in [6, 6.07) is 0. The van der Waals surface area contributed by atoms with Crippen molar-refractivity contribution in [2.75, 3.05) is 13.1 Å². The third-order valence-electron chi connectivity index (χ3n) is 1.63. The van der Waals surface area contributed by atoms with Gasteiger partial charge in [0.05, 0.1) is 10.1 Å². The molecule has 0 aromatic carbocycles. The highest BCUT2D eigenvalue weighted by Gasteiger charge is 2.09. The third-order valence-corrected chi connectivity index (χ3v) is 2.37. The molecule has 0 saturated heterocycles. The van der Waals surface area contributed by atoms with Crippen LogP contribution in [-0.4, -0.2) is 13.1 Å². The maximum Gasteiger partial charge on any atom is 0.120 e. The van der Waals surface area contributed by atoms with Crippen molar-refractivity contribution in [1.29, 1.82) is 0 Å². The Bertz CT molecular complexity index is 259. The van der Waals surface area contributed by atoms with Crippen molar-refractivity contribution in [2.24, 2.45) is 0 Å². The van der Waals surface area contributed by atoms with Crippen LogP contribution in [0.5, 0.6) is 0 Å². The zero-order valence-corrected chi connectivity index (χ0v) is 9.68. The molecule has 0 fully saturated rings. The molecule has 14 heavy (non-hydrogen) atoms. The summed E-state index contributed by atoms with van der Waals surface area (Å²) in [6.07, 6.45) is 0.452. The number of halogens is 3. The van der Waals surface area contributed by atoms with E-state index in [4.69, 9.17) is 23.2 Å². The van der Waals surface area contributed by atoms with Crippen LogP contribution in [0.2, 0.25) is 0 Å². The van der Waals surface area contributed by atoms with E-state index >= 15 is 0 Å². The Hall–Kier alpha value is -0.310. The Morgan fingerprint density at radius 3 is 2.29 bits per heavy atom. The fourth-order valence-corrected chi connectivity index (χ4v) is 1.23. The summed E-state index contributed by atoms with van der Waals surface area (Å²) in [4.78, 5) is 0. The van der Waals surface area contributed by atoms with E-state index in [9.17, 15) is 4.39 Å². The molecule has 0 bridgehead atoms. The van der Waals surface area contributed by atoms with Crippen molar-refractivity contribution in [2.45, 2.75) is 13.3 Å². The predicted molar refractivity (Wildman–Crippen MR) is 61.3 cm³/mol. The number of nitrogens with one attached hydrogen (secondary N) is 1. The van der Waals surface area contributed by atoms with Gasteiger partial charge < -0.3 is 5.32 Å². The summed E-state index contributed by atoms with van der Waals surface area (Å²) in [5.74, 6) is -0.560. The summed E-state index contributed by atoms with van der Waals surface area (Å²) in [6.45, 7) is 10.1. The normalized spacial score (nSPS) is 12.3. The lowest BCUT2D eigenvalue weighted by atomic mass is 10.1. The molecule has 0 aromatic heterocycles. The molecule has 0 spiro atoms. The molecule has 0 radical (unpaired) electrons. The maximum atomic E-state index is 12.9. The van der Waals surface area contributed by atoms with Gasteiger partial charge in [0.25, 0.3) is 0 Å². The van der Waals surface area contributed by atoms with E-state index in [1.54, 1.807) is 0 Å². The van der Waals surface area contributed by atoms with Crippen LogP contribution in [0.4, 0.5) is 4.39 Å². The second-order valence-electron chi connectivity index (χ2n) is 2.71. The van der Waals surface area contributed by atoms with E-state index in [0.717, 1.165) is 6.54 Å². The summed E-state index contributed by atoms with van der Waals surface area (Å²) >= 11 is 11.3. The van der Waals surface area contributed by atoms with E-state index in [-0.39, 0.29) is 10.1 Å². The molecule has 0 unspecified atom stereocenters. The van der Waals surface area contributed by atoms with E-state index < -0.39 is 5.83 Å². The Balaban J connectivity index is 4.52. The van der Waals surface area contributed by atoms with Gasteiger partial charge in [0.15, 0.2) is 0 Å². The van der Waals surface area contributed by atoms with Crippen molar-refractivity contribution in [3.63, 3.8) is 0 Å². The summed E-state index contributed by atoms with van der Waals surface area (Å²) in [5, 5.41) is 3.34. The van der Waals surface area contributed by atoms with E-state index in [0.29, 0.717) is 18.5 Å². The van der Waals surface area contributed by atoms with Gasteiger partial charge in [0, 0.05) is 5.57 Å². The Morgan fingerprint density at radius 2 is 1.93 bits per heavy atom. The van der Waals surface area contributed by atoms with Crippen molar-refractivity contribution in [1.82, 2.24) is 5.32 Å². The molecule has 0 aliphatic heterocycles. The van der Waals surface area contributed by atoms with Gasteiger partial charge in [-0.3, -0.25) is 0 Å². The van der Waals surface area contributed by atoms with Gasteiger partial charge in [-0.15, -0.1) is 0 Å². The van der Waals surface area contributed by atoms with Gasteiger partial charge in [-0.05, 0) is 19.5 Å². The number of hydrogen-bond acceptors (Lipinski definition) is 1. The minimum Gasteiger partial charge on any atom is -0.317 e. The van der Waals surface area contributed by atoms with Gasteiger partial charge in [0.1, 0.15) is 5.83 Å². The summed E-state index contributed by atoms with van der Waals surface area (Å²) in [7, 11) is 0.